The van der Waals surface area contributed by atoms with Crippen molar-refractivity contribution in [3.05, 3.63) is 29.8 Å². The van der Waals surface area contributed by atoms with Gasteiger partial charge in [-0.1, -0.05) is 45.9 Å². The Kier molecular flexibility index (Phi) is 3.68. The number of fused-ring (bicyclic) bond motifs is 1. The molecule has 1 aliphatic heterocycles. The summed E-state index contributed by atoms with van der Waals surface area (Å²) < 4.78 is 0. The molecule has 0 aromatic heterocycles. The molecular weight excluding hydrogens is 236 g/mol. The van der Waals surface area contributed by atoms with Crippen LogP contribution in [-0.4, -0.2) is 18.5 Å². The number of amides is 1. The van der Waals surface area contributed by atoms with E-state index in [0.29, 0.717) is 5.92 Å². The van der Waals surface area contributed by atoms with Crippen LogP contribution in [0.2, 0.25) is 0 Å². The van der Waals surface area contributed by atoms with Crippen molar-refractivity contribution in [3.63, 3.8) is 0 Å². The summed E-state index contributed by atoms with van der Waals surface area (Å²) in [7, 11) is 0. The molecule has 3 nitrogen and oxygen atoms in total. The molecule has 0 bridgehead atoms. The zero-order valence-corrected chi connectivity index (χ0v) is 12.3. The van der Waals surface area contributed by atoms with Gasteiger partial charge in [-0.05, 0) is 29.4 Å². The number of hydrogen-bond acceptors (Lipinski definition) is 2. The van der Waals surface area contributed by atoms with Gasteiger partial charge in [-0.15, -0.1) is 0 Å². The van der Waals surface area contributed by atoms with Crippen LogP contribution in [0, 0.1) is 11.3 Å². The highest BCUT2D eigenvalue weighted by Crippen LogP contribution is 2.31. The standard InChI is InChI=1S/C16H24N2O/c1-11-9-12-7-5-6-8-13(12)18(10-11)15(19)14(17)16(2,3)4/h5-8,11,14H,9-10,17H2,1-4H3. The predicted molar refractivity (Wildman–Crippen MR) is 79.1 cm³/mol. The molecule has 2 N–H and O–H groups in total. The molecule has 2 atom stereocenters. The second-order valence-electron chi connectivity index (χ2n) is 6.73. The van der Waals surface area contributed by atoms with E-state index in [0.717, 1.165) is 18.7 Å². The van der Waals surface area contributed by atoms with Crippen LogP contribution in [0.4, 0.5) is 5.69 Å². The third kappa shape index (κ3) is 2.81. The summed E-state index contributed by atoms with van der Waals surface area (Å²) in [6.45, 7) is 8.97. The van der Waals surface area contributed by atoms with Gasteiger partial charge in [0.2, 0.25) is 5.91 Å². The predicted octanol–water partition coefficient (Wildman–Crippen LogP) is 2.59. The van der Waals surface area contributed by atoms with Crippen molar-refractivity contribution < 1.29 is 4.79 Å². The fourth-order valence-electron chi connectivity index (χ4n) is 2.54. The maximum atomic E-state index is 12.7. The Labute approximate surface area is 115 Å². The largest absolute Gasteiger partial charge is 0.319 e. The molecule has 0 aliphatic carbocycles. The molecule has 2 unspecified atom stereocenters. The lowest BCUT2D eigenvalue weighted by Gasteiger charge is -2.37. The quantitative estimate of drug-likeness (QED) is 0.843. The van der Waals surface area contributed by atoms with Crippen LogP contribution < -0.4 is 10.6 Å². The summed E-state index contributed by atoms with van der Waals surface area (Å²) in [4.78, 5) is 14.5. The minimum Gasteiger partial charge on any atom is -0.319 e. The third-order valence-electron chi connectivity index (χ3n) is 3.81. The van der Waals surface area contributed by atoms with Crippen LogP contribution in [0.3, 0.4) is 0 Å². The van der Waals surface area contributed by atoms with Gasteiger partial charge in [0.05, 0.1) is 6.04 Å². The van der Waals surface area contributed by atoms with E-state index in [1.165, 1.54) is 5.56 Å². The lowest BCUT2D eigenvalue weighted by atomic mass is 9.85. The summed E-state index contributed by atoms with van der Waals surface area (Å²) in [6, 6.07) is 7.68. The minimum absolute atomic E-state index is 0.0338. The van der Waals surface area contributed by atoms with E-state index in [2.05, 4.69) is 13.0 Å². The molecule has 1 aromatic carbocycles. The molecule has 0 saturated heterocycles. The lowest BCUT2D eigenvalue weighted by molar-refractivity contribution is -0.122. The molecular formula is C16H24N2O. The van der Waals surface area contributed by atoms with E-state index in [9.17, 15) is 4.79 Å². The second-order valence-corrected chi connectivity index (χ2v) is 6.73. The molecule has 1 aliphatic rings. The minimum atomic E-state index is -0.467. The van der Waals surface area contributed by atoms with E-state index in [-0.39, 0.29) is 11.3 Å². The first kappa shape index (κ1) is 14.1. The molecule has 2 rings (SSSR count). The van der Waals surface area contributed by atoms with Gasteiger partial charge in [-0.2, -0.15) is 0 Å². The van der Waals surface area contributed by atoms with Crippen molar-refractivity contribution in [2.45, 2.75) is 40.2 Å². The first-order chi connectivity index (χ1) is 8.80. The Morgan fingerprint density at radius 1 is 1.37 bits per heavy atom. The summed E-state index contributed by atoms with van der Waals surface area (Å²) >= 11 is 0. The van der Waals surface area contributed by atoms with Gasteiger partial charge >= 0.3 is 0 Å². The van der Waals surface area contributed by atoms with Gasteiger partial charge in [0.15, 0.2) is 0 Å². The fraction of sp³-hybridized carbons (Fsp3) is 0.562. The van der Waals surface area contributed by atoms with E-state index in [1.54, 1.807) is 0 Å². The highest BCUT2D eigenvalue weighted by atomic mass is 16.2. The number of carbonyl (C=O) groups excluding carboxylic acids is 1. The number of nitrogens with zero attached hydrogens (tertiary/aromatic N) is 1. The summed E-state index contributed by atoms with van der Waals surface area (Å²) in [5.41, 5.74) is 8.20. The van der Waals surface area contributed by atoms with E-state index >= 15 is 0 Å². The zero-order valence-electron chi connectivity index (χ0n) is 12.3. The number of hydrogen-bond donors (Lipinski definition) is 1. The molecule has 0 spiro atoms. The van der Waals surface area contributed by atoms with E-state index in [4.69, 9.17) is 5.73 Å². The van der Waals surface area contributed by atoms with Gasteiger partial charge in [0, 0.05) is 12.2 Å². The molecule has 0 radical (unpaired) electrons. The number of para-hydroxylation sites is 1. The lowest BCUT2D eigenvalue weighted by Crippen LogP contribution is -2.52. The summed E-state index contributed by atoms with van der Waals surface area (Å²) in [5.74, 6) is 0.512. The van der Waals surface area contributed by atoms with E-state index < -0.39 is 6.04 Å². The SMILES string of the molecule is CC1Cc2ccccc2N(C(=O)C(N)C(C)(C)C)C1. The monoisotopic (exact) mass is 260 g/mol. The van der Waals surface area contributed by atoms with Crippen LogP contribution in [0.1, 0.15) is 33.3 Å². The Balaban J connectivity index is 2.33. The van der Waals surface area contributed by atoms with Crippen molar-refractivity contribution in [3.8, 4) is 0 Å². The van der Waals surface area contributed by atoms with Gasteiger partial charge in [-0.3, -0.25) is 4.79 Å². The van der Waals surface area contributed by atoms with Gasteiger partial charge in [0.1, 0.15) is 0 Å². The van der Waals surface area contributed by atoms with Crippen molar-refractivity contribution in [2.75, 3.05) is 11.4 Å². The molecule has 0 saturated carbocycles. The maximum Gasteiger partial charge on any atom is 0.244 e. The molecule has 19 heavy (non-hydrogen) atoms. The Morgan fingerprint density at radius 3 is 2.63 bits per heavy atom. The van der Waals surface area contributed by atoms with Crippen molar-refractivity contribution in [1.29, 1.82) is 0 Å². The van der Waals surface area contributed by atoms with Gasteiger partial charge in [-0.25, -0.2) is 0 Å². The zero-order chi connectivity index (χ0) is 14.2. The second kappa shape index (κ2) is 4.97. The molecule has 3 heteroatoms. The summed E-state index contributed by atoms with van der Waals surface area (Å²) in [5, 5.41) is 0. The van der Waals surface area contributed by atoms with Gasteiger partial charge < -0.3 is 10.6 Å². The normalized spacial score (nSPS) is 20.9. The average molecular weight is 260 g/mol. The number of benzene rings is 1. The first-order valence-corrected chi connectivity index (χ1v) is 6.95. The Bertz CT molecular complexity index is 476. The molecule has 1 aromatic rings. The molecule has 104 valence electrons. The van der Waals surface area contributed by atoms with Crippen molar-refractivity contribution in [1.82, 2.24) is 0 Å². The van der Waals surface area contributed by atoms with Crippen LogP contribution in [-0.2, 0) is 11.2 Å². The smallest absolute Gasteiger partial charge is 0.244 e. The van der Waals surface area contributed by atoms with E-state index in [1.807, 2.05) is 43.9 Å². The average Bonchev–Trinajstić information content (AvgIpc) is 2.34. The molecule has 1 heterocycles. The fourth-order valence-corrected chi connectivity index (χ4v) is 2.54. The Morgan fingerprint density at radius 2 is 2.00 bits per heavy atom. The number of anilines is 1. The van der Waals surface area contributed by atoms with Crippen molar-refractivity contribution >= 4 is 11.6 Å². The number of rotatable bonds is 1. The number of nitrogens with two attached hydrogens (primary N) is 1. The van der Waals surface area contributed by atoms with Crippen LogP contribution in [0.5, 0.6) is 0 Å². The van der Waals surface area contributed by atoms with Crippen molar-refractivity contribution in [2.24, 2.45) is 17.1 Å². The summed E-state index contributed by atoms with van der Waals surface area (Å²) in [6.07, 6.45) is 1.03. The van der Waals surface area contributed by atoms with Crippen LogP contribution in [0.15, 0.2) is 24.3 Å². The topological polar surface area (TPSA) is 46.3 Å². The molecule has 1 amide bonds. The molecule has 0 fully saturated rings. The maximum absolute atomic E-state index is 12.7. The highest BCUT2D eigenvalue weighted by Gasteiger charge is 2.34. The number of carbonyl (C=O) groups is 1. The highest BCUT2D eigenvalue weighted by molar-refractivity contribution is 5.98. The first-order valence-electron chi connectivity index (χ1n) is 6.95. The Hall–Kier alpha value is -1.35. The van der Waals surface area contributed by atoms with Crippen LogP contribution in [0.25, 0.3) is 0 Å². The third-order valence-corrected chi connectivity index (χ3v) is 3.81. The van der Waals surface area contributed by atoms with Crippen LogP contribution >= 0.6 is 0 Å². The van der Waals surface area contributed by atoms with Gasteiger partial charge in [0.25, 0.3) is 0 Å².